The van der Waals surface area contributed by atoms with Crippen LogP contribution in [0.4, 0.5) is 11.8 Å². The standard InChI is InChI=1S/C26H25ClN6O/c1-4-26(3,32-23-18(14-28)15-30-25(29)31-23)16(2)21-13-17-9-8-12-20(27)22(17)24(34)33(21)19-10-6-5-7-11-19/h5-13,15-16H,4H2,1-3H3,(H3,29,30,31,32). The summed E-state index contributed by atoms with van der Waals surface area (Å²) in [6.45, 7) is 6.14. The van der Waals surface area contributed by atoms with Gasteiger partial charge in [0, 0.05) is 22.8 Å². The molecule has 0 fully saturated rings. The molecular weight excluding hydrogens is 448 g/mol. The molecule has 0 amide bonds. The fraction of sp³-hybridized carbons (Fsp3) is 0.231. The second-order valence-electron chi connectivity index (χ2n) is 8.47. The zero-order valence-electron chi connectivity index (χ0n) is 19.2. The number of anilines is 2. The lowest BCUT2D eigenvalue weighted by Crippen LogP contribution is -2.42. The van der Waals surface area contributed by atoms with Crippen LogP contribution in [0, 0.1) is 11.3 Å². The van der Waals surface area contributed by atoms with Crippen LogP contribution in [0.15, 0.2) is 65.6 Å². The molecule has 4 aromatic rings. The van der Waals surface area contributed by atoms with E-state index in [2.05, 4.69) is 28.3 Å². The molecule has 3 N–H and O–H groups in total. The molecule has 8 heteroatoms. The molecule has 0 saturated carbocycles. The van der Waals surface area contributed by atoms with Gasteiger partial charge in [0.05, 0.1) is 16.6 Å². The van der Waals surface area contributed by atoms with Gasteiger partial charge in [0.25, 0.3) is 5.56 Å². The Kier molecular flexibility index (Phi) is 6.27. The Balaban J connectivity index is 1.94. The molecule has 34 heavy (non-hydrogen) atoms. The van der Waals surface area contributed by atoms with Crippen molar-refractivity contribution in [1.82, 2.24) is 14.5 Å². The van der Waals surface area contributed by atoms with Crippen molar-refractivity contribution in [2.24, 2.45) is 0 Å². The van der Waals surface area contributed by atoms with Gasteiger partial charge in [-0.15, -0.1) is 0 Å². The Hall–Kier alpha value is -3.89. The molecule has 2 heterocycles. The number of pyridine rings is 1. The number of nitriles is 1. The fourth-order valence-corrected chi connectivity index (χ4v) is 4.44. The summed E-state index contributed by atoms with van der Waals surface area (Å²) < 4.78 is 1.72. The topological polar surface area (TPSA) is 110 Å². The predicted molar refractivity (Wildman–Crippen MR) is 136 cm³/mol. The number of para-hydroxylation sites is 1. The van der Waals surface area contributed by atoms with E-state index in [1.165, 1.54) is 6.20 Å². The maximum absolute atomic E-state index is 13.8. The summed E-state index contributed by atoms with van der Waals surface area (Å²) in [4.78, 5) is 22.0. The fourth-order valence-electron chi connectivity index (χ4n) is 4.17. The van der Waals surface area contributed by atoms with Crippen molar-refractivity contribution in [3.8, 4) is 11.8 Å². The lowest BCUT2D eigenvalue weighted by molar-refractivity contribution is 0.406. The molecule has 4 rings (SSSR count). The number of rotatable bonds is 6. The molecule has 2 unspecified atom stereocenters. The van der Waals surface area contributed by atoms with Crippen LogP contribution in [0.2, 0.25) is 5.02 Å². The monoisotopic (exact) mass is 472 g/mol. The quantitative estimate of drug-likeness (QED) is 0.395. The second kappa shape index (κ2) is 9.16. The molecule has 0 aliphatic heterocycles. The van der Waals surface area contributed by atoms with Crippen LogP contribution >= 0.6 is 11.6 Å². The molecule has 2 aromatic carbocycles. The Morgan fingerprint density at radius 1 is 1.24 bits per heavy atom. The third-order valence-corrected chi connectivity index (χ3v) is 6.82. The van der Waals surface area contributed by atoms with Crippen LogP contribution in [0.5, 0.6) is 0 Å². The average Bonchev–Trinajstić information content (AvgIpc) is 2.84. The highest BCUT2D eigenvalue weighted by atomic mass is 35.5. The minimum absolute atomic E-state index is 0.0779. The predicted octanol–water partition coefficient (Wildman–Crippen LogP) is 5.27. The Morgan fingerprint density at radius 2 is 1.97 bits per heavy atom. The number of nitrogens with one attached hydrogen (secondary N) is 1. The molecular formula is C26H25ClN6O. The van der Waals surface area contributed by atoms with Crippen LogP contribution in [-0.4, -0.2) is 20.1 Å². The molecule has 172 valence electrons. The first-order valence-electron chi connectivity index (χ1n) is 11.0. The highest BCUT2D eigenvalue weighted by molar-refractivity contribution is 6.35. The number of halogens is 1. The molecule has 0 aliphatic carbocycles. The van der Waals surface area contributed by atoms with Gasteiger partial charge in [-0.1, -0.05) is 55.8 Å². The molecule has 0 aliphatic rings. The van der Waals surface area contributed by atoms with E-state index in [9.17, 15) is 10.1 Å². The summed E-state index contributed by atoms with van der Waals surface area (Å²) in [6.07, 6.45) is 2.09. The first kappa shape index (κ1) is 23.3. The smallest absolute Gasteiger partial charge is 0.264 e. The largest absolute Gasteiger partial charge is 0.368 e. The van der Waals surface area contributed by atoms with Gasteiger partial charge >= 0.3 is 0 Å². The van der Waals surface area contributed by atoms with Gasteiger partial charge in [0.1, 0.15) is 17.5 Å². The summed E-state index contributed by atoms with van der Waals surface area (Å²) in [5, 5.41) is 14.6. The van der Waals surface area contributed by atoms with E-state index in [-0.39, 0.29) is 17.4 Å². The van der Waals surface area contributed by atoms with Gasteiger partial charge < -0.3 is 11.1 Å². The minimum Gasteiger partial charge on any atom is -0.368 e. The zero-order chi connectivity index (χ0) is 24.5. The van der Waals surface area contributed by atoms with Crippen molar-refractivity contribution >= 4 is 34.1 Å². The number of nitrogens with two attached hydrogens (primary N) is 1. The second-order valence-corrected chi connectivity index (χ2v) is 8.88. The summed E-state index contributed by atoms with van der Waals surface area (Å²) >= 11 is 6.44. The van der Waals surface area contributed by atoms with Crippen molar-refractivity contribution < 1.29 is 0 Å². The van der Waals surface area contributed by atoms with Crippen molar-refractivity contribution in [1.29, 1.82) is 5.26 Å². The maximum atomic E-state index is 13.8. The van der Waals surface area contributed by atoms with Crippen molar-refractivity contribution in [3.05, 3.63) is 87.4 Å². The lowest BCUT2D eigenvalue weighted by atomic mass is 9.81. The zero-order valence-corrected chi connectivity index (χ0v) is 20.0. The van der Waals surface area contributed by atoms with Crippen LogP contribution in [0.1, 0.15) is 44.4 Å². The van der Waals surface area contributed by atoms with E-state index < -0.39 is 5.54 Å². The third kappa shape index (κ3) is 4.09. The number of nitrogen functional groups attached to an aromatic ring is 1. The Morgan fingerprint density at radius 3 is 2.65 bits per heavy atom. The SMILES string of the molecule is CCC(C)(Nc1nc(N)ncc1C#N)C(C)c1cc2cccc(Cl)c2c(=O)n1-c1ccccc1. The van der Waals surface area contributed by atoms with Gasteiger partial charge in [-0.3, -0.25) is 9.36 Å². The molecule has 7 nitrogen and oxygen atoms in total. The van der Waals surface area contributed by atoms with E-state index in [1.54, 1.807) is 10.6 Å². The molecule has 2 aromatic heterocycles. The van der Waals surface area contributed by atoms with E-state index in [4.69, 9.17) is 17.3 Å². The summed E-state index contributed by atoms with van der Waals surface area (Å²) in [5.41, 5.74) is 6.89. The van der Waals surface area contributed by atoms with Crippen LogP contribution in [0.3, 0.4) is 0 Å². The third-order valence-electron chi connectivity index (χ3n) is 6.50. The highest BCUT2D eigenvalue weighted by Gasteiger charge is 2.34. The number of fused-ring (bicyclic) bond motifs is 1. The molecule has 0 bridgehead atoms. The van der Waals surface area contributed by atoms with Gasteiger partial charge in [-0.25, -0.2) is 4.98 Å². The van der Waals surface area contributed by atoms with E-state index in [0.717, 1.165) is 16.8 Å². The normalized spacial score (nSPS) is 13.7. The van der Waals surface area contributed by atoms with Crippen molar-refractivity contribution in [3.63, 3.8) is 0 Å². The number of hydrogen-bond acceptors (Lipinski definition) is 6. The summed E-state index contributed by atoms with van der Waals surface area (Å²) in [5.74, 6) is 0.259. The minimum atomic E-state index is -0.582. The number of aromatic nitrogens is 3. The number of hydrogen-bond donors (Lipinski definition) is 2. The molecule has 0 radical (unpaired) electrons. The van der Waals surface area contributed by atoms with Crippen molar-refractivity contribution in [2.45, 2.75) is 38.6 Å². The van der Waals surface area contributed by atoms with E-state index in [0.29, 0.717) is 28.2 Å². The summed E-state index contributed by atoms with van der Waals surface area (Å²) in [6, 6.07) is 19.1. The van der Waals surface area contributed by atoms with Gasteiger partial charge in [-0.2, -0.15) is 10.2 Å². The van der Waals surface area contributed by atoms with Gasteiger partial charge in [0.2, 0.25) is 5.95 Å². The van der Waals surface area contributed by atoms with Gasteiger partial charge in [-0.05, 0) is 43.0 Å². The maximum Gasteiger partial charge on any atom is 0.264 e. The molecule has 2 atom stereocenters. The lowest BCUT2D eigenvalue weighted by Gasteiger charge is -2.38. The van der Waals surface area contributed by atoms with Crippen molar-refractivity contribution in [2.75, 3.05) is 11.1 Å². The Labute approximate surface area is 202 Å². The Bertz CT molecular complexity index is 1460. The first-order valence-corrected chi connectivity index (χ1v) is 11.4. The number of benzene rings is 2. The molecule has 0 saturated heterocycles. The highest BCUT2D eigenvalue weighted by Crippen LogP contribution is 2.36. The van der Waals surface area contributed by atoms with Crippen LogP contribution in [-0.2, 0) is 0 Å². The van der Waals surface area contributed by atoms with Gasteiger partial charge in [0.15, 0.2) is 0 Å². The van der Waals surface area contributed by atoms with E-state index >= 15 is 0 Å². The summed E-state index contributed by atoms with van der Waals surface area (Å²) in [7, 11) is 0. The van der Waals surface area contributed by atoms with E-state index in [1.807, 2.05) is 62.4 Å². The van der Waals surface area contributed by atoms with Crippen LogP contribution < -0.4 is 16.6 Å². The van der Waals surface area contributed by atoms with Crippen LogP contribution in [0.25, 0.3) is 16.5 Å². The average molecular weight is 473 g/mol. The first-order chi connectivity index (χ1) is 16.3. The molecule has 0 spiro atoms. The number of nitrogens with zero attached hydrogens (tertiary/aromatic N) is 4.